The van der Waals surface area contributed by atoms with Gasteiger partial charge in [0.25, 0.3) is 0 Å². The predicted octanol–water partition coefficient (Wildman–Crippen LogP) is 10.2. The Morgan fingerprint density at radius 3 is 1.82 bits per heavy atom. The van der Waals surface area contributed by atoms with Crippen LogP contribution < -0.4 is 5.32 Å². The zero-order valence-electron chi connectivity index (χ0n) is 21.3. The number of nitrogens with one attached hydrogen (secondary N) is 1. The maximum Gasteiger partial charge on any atom is 0.0714 e. The van der Waals surface area contributed by atoms with Crippen LogP contribution in [-0.4, -0.2) is 0 Å². The SMILES string of the molecule is c1ccc(C2(c3ccccc3)c3ccccc3-c3ccc(Nc4ccc5sc6ccccc6c5c4)cc32)cc1. The first-order chi connectivity index (χ1) is 19.3. The Balaban J connectivity index is 1.33. The maximum atomic E-state index is 3.75. The zero-order valence-corrected chi connectivity index (χ0v) is 22.1. The molecule has 0 saturated carbocycles. The Hall–Kier alpha value is -4.66. The van der Waals surface area contributed by atoms with Crippen LogP contribution in [0.25, 0.3) is 31.3 Å². The minimum Gasteiger partial charge on any atom is -0.355 e. The van der Waals surface area contributed by atoms with Gasteiger partial charge in [0.05, 0.1) is 5.41 Å². The molecule has 6 aromatic carbocycles. The highest BCUT2D eigenvalue weighted by Crippen LogP contribution is 2.56. The summed E-state index contributed by atoms with van der Waals surface area (Å²) in [5.74, 6) is 0. The third-order valence-corrected chi connectivity index (χ3v) is 9.28. The van der Waals surface area contributed by atoms with Crippen LogP contribution in [0, 0.1) is 0 Å². The van der Waals surface area contributed by atoms with Crippen molar-refractivity contribution in [3.63, 3.8) is 0 Å². The summed E-state index contributed by atoms with van der Waals surface area (Å²) in [7, 11) is 0. The van der Waals surface area contributed by atoms with Gasteiger partial charge in [-0.15, -0.1) is 11.3 Å². The molecule has 0 spiro atoms. The van der Waals surface area contributed by atoms with Crippen LogP contribution in [0.4, 0.5) is 11.4 Å². The number of benzene rings is 6. The fourth-order valence-electron chi connectivity index (χ4n) is 6.49. The first kappa shape index (κ1) is 22.3. The molecule has 0 unspecified atom stereocenters. The van der Waals surface area contributed by atoms with Crippen molar-refractivity contribution in [3.05, 3.63) is 168 Å². The number of anilines is 2. The van der Waals surface area contributed by atoms with E-state index in [1.807, 2.05) is 11.3 Å². The topological polar surface area (TPSA) is 12.0 Å². The minimum atomic E-state index is -0.389. The van der Waals surface area contributed by atoms with E-state index in [1.54, 1.807) is 0 Å². The van der Waals surface area contributed by atoms with Gasteiger partial charge in [0.1, 0.15) is 0 Å². The largest absolute Gasteiger partial charge is 0.355 e. The van der Waals surface area contributed by atoms with E-state index >= 15 is 0 Å². The van der Waals surface area contributed by atoms with Crippen molar-refractivity contribution in [2.24, 2.45) is 0 Å². The molecule has 0 bridgehead atoms. The molecule has 0 radical (unpaired) electrons. The average molecular weight is 516 g/mol. The molecule has 0 fully saturated rings. The van der Waals surface area contributed by atoms with Crippen molar-refractivity contribution in [1.82, 2.24) is 0 Å². The van der Waals surface area contributed by atoms with Crippen LogP contribution >= 0.6 is 11.3 Å². The average Bonchev–Trinajstić information content (AvgIpc) is 3.51. The van der Waals surface area contributed by atoms with Gasteiger partial charge in [-0.2, -0.15) is 0 Å². The van der Waals surface area contributed by atoms with Crippen molar-refractivity contribution in [2.45, 2.75) is 5.41 Å². The molecule has 2 heteroatoms. The molecule has 0 saturated heterocycles. The van der Waals surface area contributed by atoms with E-state index < -0.39 is 0 Å². The Labute approximate surface area is 232 Å². The quantitative estimate of drug-likeness (QED) is 0.246. The van der Waals surface area contributed by atoms with Crippen molar-refractivity contribution >= 4 is 42.9 Å². The lowest BCUT2D eigenvalue weighted by Gasteiger charge is -2.34. The third-order valence-electron chi connectivity index (χ3n) is 8.12. The Morgan fingerprint density at radius 2 is 1.03 bits per heavy atom. The van der Waals surface area contributed by atoms with Gasteiger partial charge in [0, 0.05) is 31.5 Å². The number of hydrogen-bond donors (Lipinski definition) is 1. The van der Waals surface area contributed by atoms with E-state index in [2.05, 4.69) is 151 Å². The van der Waals surface area contributed by atoms with Gasteiger partial charge in [0.15, 0.2) is 0 Å². The van der Waals surface area contributed by atoms with Gasteiger partial charge < -0.3 is 5.32 Å². The van der Waals surface area contributed by atoms with E-state index in [-0.39, 0.29) is 5.41 Å². The second-order valence-corrected chi connectivity index (χ2v) is 11.3. The number of hydrogen-bond acceptors (Lipinski definition) is 2. The summed E-state index contributed by atoms with van der Waals surface area (Å²) < 4.78 is 2.65. The summed E-state index contributed by atoms with van der Waals surface area (Å²) in [6.45, 7) is 0. The zero-order chi connectivity index (χ0) is 25.8. The standard InChI is InChI=1S/C37H25NS/c1-3-11-25(12-4-1)37(26-13-5-2-6-14-26)33-17-9-7-15-29(33)30-21-19-28(24-34(30)37)38-27-20-22-36-32(23-27)31-16-8-10-18-35(31)39-36/h1-24,38H. The first-order valence-electron chi connectivity index (χ1n) is 13.4. The van der Waals surface area contributed by atoms with Crippen molar-refractivity contribution < 1.29 is 0 Å². The molecule has 1 aliphatic carbocycles. The summed E-state index contributed by atoms with van der Waals surface area (Å²) in [6, 6.07) is 53.1. The lowest BCUT2D eigenvalue weighted by atomic mass is 9.67. The Morgan fingerprint density at radius 1 is 0.436 bits per heavy atom. The normalized spacial score (nSPS) is 13.3. The van der Waals surface area contributed by atoms with Gasteiger partial charge in [-0.05, 0) is 69.8 Å². The van der Waals surface area contributed by atoms with Crippen molar-refractivity contribution in [2.75, 3.05) is 5.32 Å². The highest BCUT2D eigenvalue weighted by Gasteiger charge is 2.45. The lowest BCUT2D eigenvalue weighted by Crippen LogP contribution is -2.28. The van der Waals surface area contributed by atoms with Crippen molar-refractivity contribution in [1.29, 1.82) is 0 Å². The van der Waals surface area contributed by atoms with Gasteiger partial charge in [-0.3, -0.25) is 0 Å². The van der Waals surface area contributed by atoms with E-state index in [4.69, 9.17) is 0 Å². The second-order valence-electron chi connectivity index (χ2n) is 10.2. The molecule has 7 aromatic rings. The molecule has 0 aliphatic heterocycles. The molecule has 1 nitrogen and oxygen atoms in total. The highest BCUT2D eigenvalue weighted by atomic mass is 32.1. The minimum absolute atomic E-state index is 0.389. The van der Waals surface area contributed by atoms with Crippen LogP contribution in [0.15, 0.2) is 146 Å². The predicted molar refractivity (Wildman–Crippen MR) is 166 cm³/mol. The van der Waals surface area contributed by atoms with E-state index in [9.17, 15) is 0 Å². The fourth-order valence-corrected chi connectivity index (χ4v) is 7.58. The monoisotopic (exact) mass is 515 g/mol. The number of fused-ring (bicyclic) bond motifs is 6. The summed E-state index contributed by atoms with van der Waals surface area (Å²) in [5, 5.41) is 6.37. The highest BCUT2D eigenvalue weighted by molar-refractivity contribution is 7.25. The van der Waals surface area contributed by atoms with Gasteiger partial charge in [-0.25, -0.2) is 0 Å². The van der Waals surface area contributed by atoms with Crippen LogP contribution in [0.1, 0.15) is 22.3 Å². The summed E-state index contributed by atoms with van der Waals surface area (Å²) >= 11 is 1.85. The summed E-state index contributed by atoms with van der Waals surface area (Å²) in [5.41, 5.74) is 9.62. The summed E-state index contributed by atoms with van der Waals surface area (Å²) in [4.78, 5) is 0. The molecule has 0 atom stereocenters. The van der Waals surface area contributed by atoms with Gasteiger partial charge in [0.2, 0.25) is 0 Å². The molecule has 0 amide bonds. The molecular formula is C37H25NS. The first-order valence-corrected chi connectivity index (χ1v) is 14.2. The summed E-state index contributed by atoms with van der Waals surface area (Å²) in [6.07, 6.45) is 0. The van der Waals surface area contributed by atoms with E-state index in [1.165, 1.54) is 53.6 Å². The molecule has 184 valence electrons. The molecule has 1 N–H and O–H groups in total. The Bertz CT molecular complexity index is 1950. The maximum absolute atomic E-state index is 3.75. The number of rotatable bonds is 4. The molecule has 1 heterocycles. The van der Waals surface area contributed by atoms with Crippen LogP contribution in [0.2, 0.25) is 0 Å². The third kappa shape index (κ3) is 3.32. The van der Waals surface area contributed by atoms with Gasteiger partial charge in [-0.1, -0.05) is 109 Å². The molecule has 8 rings (SSSR count). The number of thiophene rings is 1. The molecule has 1 aliphatic rings. The lowest BCUT2D eigenvalue weighted by molar-refractivity contribution is 0.769. The second kappa shape index (κ2) is 8.69. The van der Waals surface area contributed by atoms with E-state index in [0.717, 1.165) is 11.4 Å². The smallest absolute Gasteiger partial charge is 0.0714 e. The molecular weight excluding hydrogens is 490 g/mol. The molecule has 1 aromatic heterocycles. The fraction of sp³-hybridized carbons (Fsp3) is 0.0270. The Kier molecular flexibility index (Phi) is 4.98. The van der Waals surface area contributed by atoms with Crippen LogP contribution in [-0.2, 0) is 5.41 Å². The van der Waals surface area contributed by atoms with Crippen LogP contribution in [0.3, 0.4) is 0 Å². The molecule has 39 heavy (non-hydrogen) atoms. The van der Waals surface area contributed by atoms with Crippen molar-refractivity contribution in [3.8, 4) is 11.1 Å². The van der Waals surface area contributed by atoms with Gasteiger partial charge >= 0.3 is 0 Å². The van der Waals surface area contributed by atoms with Crippen LogP contribution in [0.5, 0.6) is 0 Å². The van der Waals surface area contributed by atoms with E-state index in [0.29, 0.717) is 0 Å².